The highest BCUT2D eigenvalue weighted by Gasteiger charge is 2.41. The number of benzene rings is 1. The Bertz CT molecular complexity index is 431. The maximum atomic E-state index is 6.49. The summed E-state index contributed by atoms with van der Waals surface area (Å²) >= 11 is 0. The van der Waals surface area contributed by atoms with E-state index in [0.29, 0.717) is 12.5 Å². The lowest BCUT2D eigenvalue weighted by atomic mass is 9.83. The van der Waals surface area contributed by atoms with E-state index in [1.54, 1.807) is 0 Å². The Morgan fingerprint density at radius 1 is 0.731 bits per heavy atom. The molecule has 0 aliphatic rings. The van der Waals surface area contributed by atoms with Crippen molar-refractivity contribution >= 4 is 0 Å². The average molecular weight is 363 g/mol. The van der Waals surface area contributed by atoms with Crippen molar-refractivity contribution in [1.29, 1.82) is 0 Å². The third-order valence-electron chi connectivity index (χ3n) is 5.14. The molecule has 0 saturated heterocycles. The fourth-order valence-corrected chi connectivity index (χ4v) is 3.86. The highest BCUT2D eigenvalue weighted by atomic mass is 16.7. The van der Waals surface area contributed by atoms with E-state index in [2.05, 4.69) is 58.0 Å². The van der Waals surface area contributed by atoms with Crippen LogP contribution in [-0.4, -0.2) is 13.2 Å². The van der Waals surface area contributed by atoms with Crippen molar-refractivity contribution in [3.63, 3.8) is 0 Å². The Morgan fingerprint density at radius 3 is 2.04 bits per heavy atom. The Hall–Kier alpha value is -0.860. The van der Waals surface area contributed by atoms with Gasteiger partial charge < -0.3 is 9.47 Å². The van der Waals surface area contributed by atoms with E-state index in [4.69, 9.17) is 9.47 Å². The van der Waals surface area contributed by atoms with Crippen LogP contribution in [0.4, 0.5) is 0 Å². The number of unbranched alkanes of at least 4 members (excludes halogenated alkanes) is 5. The summed E-state index contributed by atoms with van der Waals surface area (Å²) in [5.41, 5.74) is 1.18. The second-order valence-corrected chi connectivity index (χ2v) is 7.36. The molecular weight excluding hydrogens is 320 g/mol. The van der Waals surface area contributed by atoms with Gasteiger partial charge >= 0.3 is 0 Å². The van der Waals surface area contributed by atoms with Gasteiger partial charge in [0.15, 0.2) is 5.79 Å². The van der Waals surface area contributed by atoms with Gasteiger partial charge in [0.2, 0.25) is 0 Å². The molecule has 0 aliphatic heterocycles. The maximum absolute atomic E-state index is 6.49. The predicted octanol–water partition coefficient (Wildman–Crippen LogP) is 7.47. The zero-order valence-electron chi connectivity index (χ0n) is 17.8. The zero-order valence-corrected chi connectivity index (χ0v) is 17.8. The summed E-state index contributed by atoms with van der Waals surface area (Å²) in [5, 5.41) is 0. The van der Waals surface area contributed by atoms with Gasteiger partial charge in [-0.05, 0) is 26.2 Å². The largest absolute Gasteiger partial charge is 0.346 e. The molecule has 0 heterocycles. The van der Waals surface area contributed by atoms with Crippen LogP contribution in [0.3, 0.4) is 0 Å². The molecule has 0 fully saturated rings. The molecule has 26 heavy (non-hydrogen) atoms. The van der Waals surface area contributed by atoms with Crippen LogP contribution in [0.1, 0.15) is 97.5 Å². The monoisotopic (exact) mass is 362 g/mol. The third kappa shape index (κ3) is 7.40. The summed E-state index contributed by atoms with van der Waals surface area (Å²) in [6.07, 6.45) is 12.5. The van der Waals surface area contributed by atoms with E-state index in [9.17, 15) is 0 Å². The van der Waals surface area contributed by atoms with E-state index in [0.717, 1.165) is 25.9 Å². The van der Waals surface area contributed by atoms with Crippen LogP contribution in [0.2, 0.25) is 0 Å². The second kappa shape index (κ2) is 14.2. The molecule has 1 rings (SSSR count). The van der Waals surface area contributed by atoms with Gasteiger partial charge in [0.25, 0.3) is 0 Å². The lowest BCUT2D eigenvalue weighted by Crippen LogP contribution is -2.41. The molecule has 2 unspecified atom stereocenters. The molecule has 0 aromatic heterocycles. The molecule has 1 aromatic carbocycles. The molecule has 2 heteroatoms. The first-order chi connectivity index (χ1) is 12.7. The Labute approximate surface area is 162 Å². The van der Waals surface area contributed by atoms with E-state index < -0.39 is 5.79 Å². The SMILES string of the molecule is CCCCCCCCC(CCC)C(OCC)(OCCC)c1ccccc1. The molecule has 0 amide bonds. The number of ether oxygens (including phenoxy) is 2. The summed E-state index contributed by atoms with van der Waals surface area (Å²) in [6.45, 7) is 10.2. The average Bonchev–Trinajstić information content (AvgIpc) is 2.68. The van der Waals surface area contributed by atoms with Crippen LogP contribution >= 0.6 is 0 Å². The molecule has 2 nitrogen and oxygen atoms in total. The Kier molecular flexibility index (Phi) is 12.7. The standard InChI is InChI=1S/C24H42O2/c1-5-9-10-11-12-14-18-22(17-6-2)24(25-8-4,26-21-7-3)23-19-15-13-16-20-23/h13,15-16,19-20,22H,5-12,14,17-18,21H2,1-4H3. The lowest BCUT2D eigenvalue weighted by molar-refractivity contribution is -0.279. The normalized spacial score (nSPS) is 14.9. The molecule has 1 aromatic rings. The van der Waals surface area contributed by atoms with Gasteiger partial charge in [0, 0.05) is 18.1 Å². The van der Waals surface area contributed by atoms with E-state index in [1.165, 1.54) is 50.5 Å². The van der Waals surface area contributed by atoms with Crippen LogP contribution in [0.25, 0.3) is 0 Å². The zero-order chi connectivity index (χ0) is 19.1. The fourth-order valence-electron chi connectivity index (χ4n) is 3.86. The van der Waals surface area contributed by atoms with Crippen molar-refractivity contribution in [3.05, 3.63) is 35.9 Å². The molecular formula is C24H42O2. The van der Waals surface area contributed by atoms with E-state index in [-0.39, 0.29) is 0 Å². The maximum Gasteiger partial charge on any atom is 0.197 e. The van der Waals surface area contributed by atoms with Gasteiger partial charge in [-0.25, -0.2) is 0 Å². The number of hydrogen-bond donors (Lipinski definition) is 0. The molecule has 0 aliphatic carbocycles. The molecule has 0 spiro atoms. The van der Waals surface area contributed by atoms with Gasteiger partial charge in [-0.15, -0.1) is 0 Å². The van der Waals surface area contributed by atoms with Gasteiger partial charge in [-0.1, -0.05) is 96.0 Å². The highest BCUT2D eigenvalue weighted by Crippen LogP contribution is 2.41. The smallest absolute Gasteiger partial charge is 0.197 e. The molecule has 0 saturated carbocycles. The van der Waals surface area contributed by atoms with Crippen LogP contribution in [-0.2, 0) is 15.3 Å². The molecule has 0 N–H and O–H groups in total. The van der Waals surface area contributed by atoms with Crippen molar-refractivity contribution in [2.75, 3.05) is 13.2 Å². The Balaban J connectivity index is 2.93. The van der Waals surface area contributed by atoms with Crippen molar-refractivity contribution in [2.24, 2.45) is 5.92 Å². The van der Waals surface area contributed by atoms with Crippen LogP contribution < -0.4 is 0 Å². The molecule has 0 bridgehead atoms. The fraction of sp³-hybridized carbons (Fsp3) is 0.750. The van der Waals surface area contributed by atoms with Gasteiger partial charge in [0.05, 0.1) is 6.61 Å². The van der Waals surface area contributed by atoms with Gasteiger partial charge in [-0.2, -0.15) is 0 Å². The van der Waals surface area contributed by atoms with Crippen molar-refractivity contribution in [2.45, 2.75) is 97.7 Å². The quantitative estimate of drug-likeness (QED) is 0.224. The first-order valence-corrected chi connectivity index (χ1v) is 11.1. The number of hydrogen-bond acceptors (Lipinski definition) is 2. The molecule has 2 atom stereocenters. The minimum Gasteiger partial charge on any atom is -0.346 e. The van der Waals surface area contributed by atoms with Crippen LogP contribution in [0.15, 0.2) is 30.3 Å². The van der Waals surface area contributed by atoms with E-state index >= 15 is 0 Å². The van der Waals surface area contributed by atoms with Crippen molar-refractivity contribution in [3.8, 4) is 0 Å². The van der Waals surface area contributed by atoms with Crippen molar-refractivity contribution < 1.29 is 9.47 Å². The van der Waals surface area contributed by atoms with Crippen LogP contribution in [0, 0.1) is 5.92 Å². The minimum atomic E-state index is -0.592. The van der Waals surface area contributed by atoms with Gasteiger partial charge in [-0.3, -0.25) is 0 Å². The second-order valence-electron chi connectivity index (χ2n) is 7.36. The molecule has 150 valence electrons. The minimum absolute atomic E-state index is 0.410. The first-order valence-electron chi connectivity index (χ1n) is 11.1. The Morgan fingerprint density at radius 2 is 1.42 bits per heavy atom. The predicted molar refractivity (Wildman–Crippen MR) is 112 cm³/mol. The summed E-state index contributed by atoms with van der Waals surface area (Å²) in [4.78, 5) is 0. The number of rotatable bonds is 16. The summed E-state index contributed by atoms with van der Waals surface area (Å²) in [7, 11) is 0. The van der Waals surface area contributed by atoms with Gasteiger partial charge in [0.1, 0.15) is 0 Å². The first kappa shape index (κ1) is 23.2. The highest BCUT2D eigenvalue weighted by molar-refractivity contribution is 5.21. The topological polar surface area (TPSA) is 18.5 Å². The molecule has 0 radical (unpaired) electrons. The van der Waals surface area contributed by atoms with E-state index in [1.807, 2.05) is 0 Å². The summed E-state index contributed by atoms with van der Waals surface area (Å²) in [5.74, 6) is -0.182. The summed E-state index contributed by atoms with van der Waals surface area (Å²) < 4.78 is 12.9. The summed E-state index contributed by atoms with van der Waals surface area (Å²) in [6, 6.07) is 10.6. The van der Waals surface area contributed by atoms with Crippen molar-refractivity contribution in [1.82, 2.24) is 0 Å². The van der Waals surface area contributed by atoms with Crippen LogP contribution in [0.5, 0.6) is 0 Å². The lowest BCUT2D eigenvalue weighted by Gasteiger charge is -2.41. The third-order valence-corrected chi connectivity index (χ3v) is 5.14.